The van der Waals surface area contributed by atoms with Gasteiger partial charge in [-0.15, -0.1) is 0 Å². The second-order valence-electron chi connectivity index (χ2n) is 8.36. The van der Waals surface area contributed by atoms with Crippen molar-refractivity contribution in [2.24, 2.45) is 0 Å². The molecule has 0 bridgehead atoms. The van der Waals surface area contributed by atoms with Crippen molar-refractivity contribution in [3.63, 3.8) is 0 Å². The zero-order chi connectivity index (χ0) is 20.4. The second kappa shape index (κ2) is 5.95. The number of pyridine rings is 1. The van der Waals surface area contributed by atoms with Gasteiger partial charge in [-0.05, 0) is 56.9 Å². The maximum atomic E-state index is 12.6. The Morgan fingerprint density at radius 2 is 2.03 bits per heavy atom. The molecule has 0 unspecified atom stereocenters. The number of nitrogens with one attached hydrogen (secondary N) is 1. The van der Waals surface area contributed by atoms with E-state index in [1.54, 1.807) is 25.3 Å². The molecule has 1 saturated heterocycles. The summed E-state index contributed by atoms with van der Waals surface area (Å²) in [5.74, 6) is 2.25. The summed E-state index contributed by atoms with van der Waals surface area (Å²) in [4.78, 5) is 30.3. The number of imide groups is 1. The number of benzene rings is 1. The number of aromatic nitrogens is 1. The Labute approximate surface area is 169 Å². The number of carbonyl (C=O) groups is 2. The molecule has 7 nitrogen and oxygen atoms in total. The Balaban J connectivity index is 1.41. The number of aryl methyl sites for hydroxylation is 1. The molecule has 1 saturated carbocycles. The van der Waals surface area contributed by atoms with E-state index in [0.717, 1.165) is 40.4 Å². The first-order valence-corrected chi connectivity index (χ1v) is 9.94. The largest absolute Gasteiger partial charge is 0.492 e. The van der Waals surface area contributed by atoms with Crippen LogP contribution in [0, 0.1) is 6.92 Å². The van der Waals surface area contributed by atoms with Gasteiger partial charge in [-0.1, -0.05) is 13.0 Å². The van der Waals surface area contributed by atoms with Crippen molar-refractivity contribution in [2.45, 2.75) is 51.0 Å². The Kier molecular flexibility index (Phi) is 3.69. The van der Waals surface area contributed by atoms with Gasteiger partial charge in [-0.3, -0.25) is 4.79 Å². The monoisotopic (exact) mass is 393 g/mol. The highest BCUT2D eigenvalue weighted by molar-refractivity contribution is 6.22. The average Bonchev–Trinajstić information content (AvgIpc) is 3.32. The third-order valence-electron chi connectivity index (χ3n) is 6.34. The second-order valence-corrected chi connectivity index (χ2v) is 8.36. The fourth-order valence-corrected chi connectivity index (χ4v) is 4.09. The van der Waals surface area contributed by atoms with E-state index in [4.69, 9.17) is 9.47 Å². The van der Waals surface area contributed by atoms with Crippen LogP contribution in [-0.2, 0) is 10.2 Å². The number of carbonyl (C=O) groups excluding carboxylic acids is 2. The predicted octanol–water partition coefficient (Wildman–Crippen LogP) is 3.83. The quantitative estimate of drug-likeness (QED) is 0.799. The highest BCUT2D eigenvalue weighted by Crippen LogP contribution is 2.59. The molecule has 2 fully saturated rings. The average molecular weight is 393 g/mol. The lowest BCUT2D eigenvalue weighted by Gasteiger charge is -2.19. The normalized spacial score (nSPS) is 23.8. The van der Waals surface area contributed by atoms with Gasteiger partial charge in [0.2, 0.25) is 0 Å². The van der Waals surface area contributed by atoms with Gasteiger partial charge in [0.25, 0.3) is 5.91 Å². The first-order chi connectivity index (χ1) is 13.9. The standard InChI is InChI=1S/C22H23N3O4/c1-4-21(3)19(26)25(20(27)24-21)16-8-6-14(11-23-16)29-15-7-5-13(2)18-17(15)22(9-10-22)12-28-18/h5-8,11H,4,9-10,12H2,1-3H3,(H,24,27)/t21-/m1/s1. The number of amides is 3. The van der Waals surface area contributed by atoms with Crippen molar-refractivity contribution in [3.05, 3.63) is 41.6 Å². The maximum Gasteiger partial charge on any atom is 0.330 e. The van der Waals surface area contributed by atoms with Gasteiger partial charge in [0.15, 0.2) is 0 Å². The first-order valence-electron chi connectivity index (χ1n) is 9.94. The number of ether oxygens (including phenoxy) is 2. The lowest BCUT2D eigenvalue weighted by Crippen LogP contribution is -2.43. The minimum absolute atomic E-state index is 0.0920. The molecule has 1 spiro atoms. The topological polar surface area (TPSA) is 80.8 Å². The van der Waals surface area contributed by atoms with Gasteiger partial charge in [0.05, 0.1) is 12.8 Å². The molecule has 5 rings (SSSR count). The number of nitrogens with zero attached hydrogens (tertiary/aromatic N) is 2. The van der Waals surface area contributed by atoms with Crippen LogP contribution in [0.25, 0.3) is 0 Å². The van der Waals surface area contributed by atoms with Crippen LogP contribution in [0.4, 0.5) is 10.6 Å². The van der Waals surface area contributed by atoms with Crippen molar-refractivity contribution < 1.29 is 19.1 Å². The predicted molar refractivity (Wildman–Crippen MR) is 107 cm³/mol. The summed E-state index contributed by atoms with van der Waals surface area (Å²) in [6.45, 7) is 6.34. The Morgan fingerprint density at radius 1 is 1.24 bits per heavy atom. The molecule has 3 amide bonds. The minimum atomic E-state index is -0.894. The van der Waals surface area contributed by atoms with Crippen LogP contribution in [0.3, 0.4) is 0 Å². The third kappa shape index (κ3) is 2.60. The summed E-state index contributed by atoms with van der Waals surface area (Å²) in [5.41, 5.74) is 1.46. The smallest absolute Gasteiger partial charge is 0.330 e. The number of fused-ring (bicyclic) bond motifs is 2. The Bertz CT molecular complexity index is 1030. The molecular weight excluding hydrogens is 370 g/mol. The third-order valence-corrected chi connectivity index (χ3v) is 6.34. The van der Waals surface area contributed by atoms with Gasteiger partial charge in [0, 0.05) is 11.0 Å². The van der Waals surface area contributed by atoms with E-state index in [0.29, 0.717) is 18.8 Å². The van der Waals surface area contributed by atoms with E-state index in [-0.39, 0.29) is 17.1 Å². The van der Waals surface area contributed by atoms with Gasteiger partial charge < -0.3 is 14.8 Å². The van der Waals surface area contributed by atoms with Crippen molar-refractivity contribution >= 4 is 17.8 Å². The highest BCUT2D eigenvalue weighted by Gasteiger charge is 2.53. The van der Waals surface area contributed by atoms with Crippen LogP contribution >= 0.6 is 0 Å². The van der Waals surface area contributed by atoms with Crippen LogP contribution in [0.1, 0.15) is 44.2 Å². The van der Waals surface area contributed by atoms with Gasteiger partial charge in [-0.2, -0.15) is 0 Å². The van der Waals surface area contributed by atoms with E-state index in [1.165, 1.54) is 0 Å². The summed E-state index contributed by atoms with van der Waals surface area (Å²) < 4.78 is 12.1. The van der Waals surface area contributed by atoms with E-state index in [1.807, 2.05) is 26.0 Å². The fourth-order valence-electron chi connectivity index (χ4n) is 4.09. The number of rotatable bonds is 4. The summed E-state index contributed by atoms with van der Waals surface area (Å²) in [6, 6.07) is 6.87. The van der Waals surface area contributed by atoms with E-state index < -0.39 is 11.6 Å². The maximum absolute atomic E-state index is 12.6. The van der Waals surface area contributed by atoms with E-state index in [9.17, 15) is 9.59 Å². The van der Waals surface area contributed by atoms with Crippen LogP contribution in [0.15, 0.2) is 30.5 Å². The number of anilines is 1. The zero-order valence-electron chi connectivity index (χ0n) is 16.7. The first kappa shape index (κ1) is 18.0. The molecule has 1 aliphatic carbocycles. The molecule has 0 radical (unpaired) electrons. The van der Waals surface area contributed by atoms with Crippen molar-refractivity contribution in [1.29, 1.82) is 0 Å². The van der Waals surface area contributed by atoms with Crippen molar-refractivity contribution in [3.8, 4) is 17.2 Å². The number of urea groups is 1. The molecule has 3 heterocycles. The zero-order valence-corrected chi connectivity index (χ0v) is 16.7. The van der Waals surface area contributed by atoms with Crippen LogP contribution < -0.4 is 19.7 Å². The molecule has 7 heteroatoms. The summed E-state index contributed by atoms with van der Waals surface area (Å²) >= 11 is 0. The molecule has 29 heavy (non-hydrogen) atoms. The fraction of sp³-hybridized carbons (Fsp3) is 0.409. The van der Waals surface area contributed by atoms with E-state index in [2.05, 4.69) is 10.3 Å². The molecule has 1 aromatic heterocycles. The molecular formula is C22H23N3O4. The van der Waals surface area contributed by atoms with Gasteiger partial charge in [0.1, 0.15) is 28.6 Å². The molecule has 3 aliphatic rings. The molecule has 1 atom stereocenters. The van der Waals surface area contributed by atoms with Gasteiger partial charge in [-0.25, -0.2) is 14.7 Å². The molecule has 1 N–H and O–H groups in total. The Hall–Kier alpha value is -3.09. The number of hydrogen-bond donors (Lipinski definition) is 1. The summed E-state index contributed by atoms with van der Waals surface area (Å²) in [6.07, 6.45) is 4.27. The van der Waals surface area contributed by atoms with E-state index >= 15 is 0 Å². The van der Waals surface area contributed by atoms with Crippen LogP contribution in [-0.4, -0.2) is 29.1 Å². The lowest BCUT2D eigenvalue weighted by atomic mass is 9.95. The highest BCUT2D eigenvalue weighted by atomic mass is 16.5. The van der Waals surface area contributed by atoms with Crippen molar-refractivity contribution in [1.82, 2.24) is 10.3 Å². The molecule has 1 aromatic carbocycles. The molecule has 2 aromatic rings. The van der Waals surface area contributed by atoms with Crippen LogP contribution in [0.2, 0.25) is 0 Å². The molecule has 2 aliphatic heterocycles. The minimum Gasteiger partial charge on any atom is -0.492 e. The SMILES string of the molecule is CC[C@@]1(C)NC(=O)N(c2ccc(Oc3ccc(C)c4c3C3(CC3)CO4)cn2)C1=O. The summed E-state index contributed by atoms with van der Waals surface area (Å²) in [7, 11) is 0. The lowest BCUT2D eigenvalue weighted by molar-refractivity contribution is -0.121. The van der Waals surface area contributed by atoms with Crippen molar-refractivity contribution in [2.75, 3.05) is 11.5 Å². The van der Waals surface area contributed by atoms with Crippen LogP contribution in [0.5, 0.6) is 17.2 Å². The Morgan fingerprint density at radius 3 is 2.66 bits per heavy atom. The van der Waals surface area contributed by atoms with Gasteiger partial charge >= 0.3 is 6.03 Å². The summed E-state index contributed by atoms with van der Waals surface area (Å²) in [5, 5.41) is 2.73. The molecule has 150 valence electrons. The number of hydrogen-bond acceptors (Lipinski definition) is 5.